The lowest BCUT2D eigenvalue weighted by atomic mass is 10.1. The zero-order chi connectivity index (χ0) is 11.8. The molecule has 1 saturated carbocycles. The van der Waals surface area contributed by atoms with E-state index in [2.05, 4.69) is 48.3 Å². The fourth-order valence-electron chi connectivity index (χ4n) is 2.20. The van der Waals surface area contributed by atoms with Gasteiger partial charge in [0.05, 0.1) is 5.69 Å². The van der Waals surface area contributed by atoms with Crippen LogP contribution in [0.2, 0.25) is 0 Å². The Bertz CT molecular complexity index is 531. The maximum absolute atomic E-state index is 5.84. The average molecular weight is 224 g/mol. The first-order valence-electron chi connectivity index (χ1n) is 6.02. The predicted octanol–water partition coefficient (Wildman–Crippen LogP) is 2.87. The first-order valence-corrected chi connectivity index (χ1v) is 6.02. The van der Waals surface area contributed by atoms with Crippen molar-refractivity contribution in [2.45, 2.75) is 25.3 Å². The van der Waals surface area contributed by atoms with Crippen LogP contribution in [-0.2, 0) is 0 Å². The van der Waals surface area contributed by atoms with E-state index in [0.717, 1.165) is 12.1 Å². The molecule has 2 nitrogen and oxygen atoms in total. The van der Waals surface area contributed by atoms with Gasteiger partial charge in [-0.25, -0.2) is 0 Å². The van der Waals surface area contributed by atoms with E-state index in [9.17, 15) is 0 Å². The van der Waals surface area contributed by atoms with Gasteiger partial charge >= 0.3 is 0 Å². The summed E-state index contributed by atoms with van der Waals surface area (Å²) in [5.74, 6) is 0.536. The quantitative estimate of drug-likeness (QED) is 0.852. The largest absolute Gasteiger partial charge is 0.327 e. The van der Waals surface area contributed by atoms with Crippen LogP contribution in [0.5, 0.6) is 0 Å². The molecule has 1 aromatic heterocycles. The van der Waals surface area contributed by atoms with Gasteiger partial charge in [-0.15, -0.1) is 0 Å². The standard InChI is InChI=1S/C15H16N2/c1-10-3-2-4-11(7-10)15-6-5-12(9-17-15)13-8-14(13)16/h2-7,9,13-14H,8,16H2,1H3/t13-,14+/m0/s1. The monoisotopic (exact) mass is 224 g/mol. The van der Waals surface area contributed by atoms with Crippen LogP contribution >= 0.6 is 0 Å². The fraction of sp³-hybridized carbons (Fsp3) is 0.267. The molecule has 1 fully saturated rings. The highest BCUT2D eigenvalue weighted by atomic mass is 14.8. The van der Waals surface area contributed by atoms with Crippen molar-refractivity contribution in [3.63, 3.8) is 0 Å². The molecule has 3 rings (SSSR count). The summed E-state index contributed by atoms with van der Waals surface area (Å²) in [5, 5.41) is 0. The Morgan fingerprint density at radius 1 is 1.24 bits per heavy atom. The van der Waals surface area contributed by atoms with Gasteiger partial charge in [-0.1, -0.05) is 29.8 Å². The predicted molar refractivity (Wildman–Crippen MR) is 69.7 cm³/mol. The number of aryl methyl sites for hydroxylation is 1. The summed E-state index contributed by atoms with van der Waals surface area (Å²) in [6.45, 7) is 2.10. The van der Waals surface area contributed by atoms with Gasteiger partial charge in [0.2, 0.25) is 0 Å². The molecule has 0 spiro atoms. The van der Waals surface area contributed by atoms with Crippen LogP contribution in [0.4, 0.5) is 0 Å². The number of pyridine rings is 1. The van der Waals surface area contributed by atoms with Gasteiger partial charge in [-0.2, -0.15) is 0 Å². The van der Waals surface area contributed by atoms with Gasteiger partial charge in [0, 0.05) is 23.7 Å². The van der Waals surface area contributed by atoms with Crippen molar-refractivity contribution in [3.8, 4) is 11.3 Å². The molecule has 1 aliphatic carbocycles. The molecule has 2 aromatic rings. The molecule has 2 heteroatoms. The summed E-state index contributed by atoms with van der Waals surface area (Å²) >= 11 is 0. The molecule has 17 heavy (non-hydrogen) atoms. The van der Waals surface area contributed by atoms with Crippen molar-refractivity contribution >= 4 is 0 Å². The minimum atomic E-state index is 0.349. The van der Waals surface area contributed by atoms with E-state index in [1.165, 1.54) is 16.7 Å². The number of aromatic nitrogens is 1. The normalized spacial score (nSPS) is 22.5. The van der Waals surface area contributed by atoms with E-state index in [1.54, 1.807) is 0 Å². The molecule has 2 atom stereocenters. The molecule has 0 aliphatic heterocycles. The summed E-state index contributed by atoms with van der Waals surface area (Å²) in [7, 11) is 0. The molecule has 1 heterocycles. The number of nitrogens with two attached hydrogens (primary N) is 1. The summed E-state index contributed by atoms with van der Waals surface area (Å²) < 4.78 is 0. The third kappa shape index (κ3) is 2.08. The van der Waals surface area contributed by atoms with Gasteiger partial charge in [0.25, 0.3) is 0 Å². The maximum Gasteiger partial charge on any atom is 0.0702 e. The zero-order valence-corrected chi connectivity index (χ0v) is 9.93. The highest BCUT2D eigenvalue weighted by molar-refractivity contribution is 5.60. The number of nitrogens with zero attached hydrogens (tertiary/aromatic N) is 1. The van der Waals surface area contributed by atoms with Crippen molar-refractivity contribution in [3.05, 3.63) is 53.7 Å². The Morgan fingerprint density at radius 3 is 2.65 bits per heavy atom. The second kappa shape index (κ2) is 3.97. The molecule has 86 valence electrons. The summed E-state index contributed by atoms with van der Waals surface area (Å²) in [4.78, 5) is 4.53. The lowest BCUT2D eigenvalue weighted by Crippen LogP contribution is -2.01. The van der Waals surface area contributed by atoms with Crippen molar-refractivity contribution in [2.75, 3.05) is 0 Å². The molecule has 0 amide bonds. The Hall–Kier alpha value is -1.67. The second-order valence-corrected chi connectivity index (χ2v) is 4.85. The van der Waals surface area contributed by atoms with Gasteiger partial charge in [0.15, 0.2) is 0 Å². The first-order chi connectivity index (χ1) is 8.24. The molecular formula is C15H16N2. The second-order valence-electron chi connectivity index (χ2n) is 4.85. The fourth-order valence-corrected chi connectivity index (χ4v) is 2.20. The van der Waals surface area contributed by atoms with E-state index >= 15 is 0 Å². The molecule has 0 radical (unpaired) electrons. The molecule has 0 unspecified atom stereocenters. The van der Waals surface area contributed by atoms with Crippen LogP contribution in [-0.4, -0.2) is 11.0 Å². The van der Waals surface area contributed by atoms with E-state index in [4.69, 9.17) is 5.73 Å². The molecule has 0 bridgehead atoms. The minimum absolute atomic E-state index is 0.349. The highest BCUT2D eigenvalue weighted by Crippen LogP contribution is 2.38. The maximum atomic E-state index is 5.84. The SMILES string of the molecule is Cc1cccc(-c2ccc([C@@H]3C[C@H]3N)cn2)c1. The summed E-state index contributed by atoms with van der Waals surface area (Å²) in [6.07, 6.45) is 3.07. The van der Waals surface area contributed by atoms with Gasteiger partial charge in [-0.05, 0) is 31.0 Å². The van der Waals surface area contributed by atoms with Crippen molar-refractivity contribution in [2.24, 2.45) is 5.73 Å². The molecular weight excluding hydrogens is 208 g/mol. The Kier molecular flexibility index (Phi) is 2.45. The molecule has 0 saturated heterocycles. The van der Waals surface area contributed by atoms with E-state index in [-0.39, 0.29) is 0 Å². The van der Waals surface area contributed by atoms with Gasteiger partial charge in [-0.3, -0.25) is 4.98 Å². The topological polar surface area (TPSA) is 38.9 Å². The highest BCUT2D eigenvalue weighted by Gasteiger charge is 2.34. The lowest BCUT2D eigenvalue weighted by Gasteiger charge is -2.03. The van der Waals surface area contributed by atoms with Gasteiger partial charge < -0.3 is 5.73 Å². The van der Waals surface area contributed by atoms with Crippen LogP contribution < -0.4 is 5.73 Å². The van der Waals surface area contributed by atoms with Crippen molar-refractivity contribution in [1.82, 2.24) is 4.98 Å². The number of hydrogen-bond acceptors (Lipinski definition) is 2. The Morgan fingerprint density at radius 2 is 2.06 bits per heavy atom. The third-order valence-electron chi connectivity index (χ3n) is 3.37. The van der Waals surface area contributed by atoms with Crippen molar-refractivity contribution < 1.29 is 0 Å². The van der Waals surface area contributed by atoms with Crippen LogP contribution in [0, 0.1) is 6.92 Å². The van der Waals surface area contributed by atoms with E-state index < -0.39 is 0 Å². The van der Waals surface area contributed by atoms with E-state index in [1.807, 2.05) is 6.20 Å². The molecule has 2 N–H and O–H groups in total. The third-order valence-corrected chi connectivity index (χ3v) is 3.37. The van der Waals surface area contributed by atoms with Crippen LogP contribution in [0.15, 0.2) is 42.6 Å². The van der Waals surface area contributed by atoms with Crippen LogP contribution in [0.3, 0.4) is 0 Å². The van der Waals surface area contributed by atoms with Crippen LogP contribution in [0.1, 0.15) is 23.5 Å². The molecule has 1 aromatic carbocycles. The summed E-state index contributed by atoms with van der Waals surface area (Å²) in [6, 6.07) is 13.0. The Balaban J connectivity index is 1.89. The zero-order valence-electron chi connectivity index (χ0n) is 9.93. The Labute approximate surface area is 102 Å². The van der Waals surface area contributed by atoms with E-state index in [0.29, 0.717) is 12.0 Å². The average Bonchev–Trinajstić information content (AvgIpc) is 3.07. The lowest BCUT2D eigenvalue weighted by molar-refractivity contribution is 0.981. The first kappa shape index (κ1) is 10.5. The van der Waals surface area contributed by atoms with Crippen molar-refractivity contribution in [1.29, 1.82) is 0 Å². The minimum Gasteiger partial charge on any atom is -0.327 e. The summed E-state index contributed by atoms with van der Waals surface area (Å²) in [5.41, 5.74) is 10.6. The molecule has 1 aliphatic rings. The van der Waals surface area contributed by atoms with Crippen LogP contribution in [0.25, 0.3) is 11.3 Å². The van der Waals surface area contributed by atoms with Gasteiger partial charge in [0.1, 0.15) is 0 Å². The number of rotatable bonds is 2. The smallest absolute Gasteiger partial charge is 0.0702 e. The number of benzene rings is 1. The number of hydrogen-bond donors (Lipinski definition) is 1.